The number of benzene rings is 1. The van der Waals surface area contributed by atoms with Crippen molar-refractivity contribution in [3.8, 4) is 27.7 Å². The van der Waals surface area contributed by atoms with E-state index in [0.29, 0.717) is 29.8 Å². The first-order chi connectivity index (χ1) is 14.1. The maximum Gasteiger partial charge on any atom is 0.264 e. The number of amides is 1. The van der Waals surface area contributed by atoms with Crippen LogP contribution in [0.25, 0.3) is 10.4 Å². The van der Waals surface area contributed by atoms with Gasteiger partial charge in [-0.3, -0.25) is 4.79 Å². The Morgan fingerprint density at radius 3 is 2.41 bits per heavy atom. The summed E-state index contributed by atoms with van der Waals surface area (Å²) in [6, 6.07) is 7.95. The quantitative estimate of drug-likeness (QED) is 0.542. The van der Waals surface area contributed by atoms with E-state index in [2.05, 4.69) is 6.58 Å². The monoisotopic (exact) mass is 415 g/mol. The van der Waals surface area contributed by atoms with Gasteiger partial charge in [0.1, 0.15) is 0 Å². The number of rotatable bonds is 8. The molecule has 0 aliphatic heterocycles. The van der Waals surface area contributed by atoms with Crippen molar-refractivity contribution in [2.45, 2.75) is 38.1 Å². The van der Waals surface area contributed by atoms with Gasteiger partial charge in [-0.05, 0) is 37.1 Å². The highest BCUT2D eigenvalue weighted by atomic mass is 32.1. The number of thiophene rings is 1. The molecule has 3 rings (SSSR count). The molecule has 29 heavy (non-hydrogen) atoms. The summed E-state index contributed by atoms with van der Waals surface area (Å²) >= 11 is 1.47. The van der Waals surface area contributed by atoms with Gasteiger partial charge in [0.05, 0.1) is 26.2 Å². The number of methoxy groups -OCH3 is 3. The van der Waals surface area contributed by atoms with Gasteiger partial charge in [0.25, 0.3) is 5.91 Å². The van der Waals surface area contributed by atoms with E-state index in [0.717, 1.165) is 28.2 Å². The van der Waals surface area contributed by atoms with E-state index in [1.54, 1.807) is 21.3 Å². The fourth-order valence-corrected chi connectivity index (χ4v) is 4.95. The van der Waals surface area contributed by atoms with Gasteiger partial charge in [-0.15, -0.1) is 17.9 Å². The van der Waals surface area contributed by atoms with E-state index < -0.39 is 0 Å². The third-order valence-electron chi connectivity index (χ3n) is 5.39. The zero-order valence-corrected chi connectivity index (χ0v) is 18.2. The van der Waals surface area contributed by atoms with Crippen LogP contribution in [0.15, 0.2) is 36.9 Å². The molecule has 0 atom stereocenters. The summed E-state index contributed by atoms with van der Waals surface area (Å²) in [5.74, 6) is 1.83. The molecule has 1 amide bonds. The molecule has 0 saturated heterocycles. The van der Waals surface area contributed by atoms with Crippen LogP contribution in [-0.2, 0) is 0 Å². The summed E-state index contributed by atoms with van der Waals surface area (Å²) in [6.07, 6.45) is 7.59. The summed E-state index contributed by atoms with van der Waals surface area (Å²) in [5.41, 5.74) is 0.877. The number of hydrogen-bond acceptors (Lipinski definition) is 5. The third kappa shape index (κ3) is 4.42. The molecule has 0 radical (unpaired) electrons. The maximum atomic E-state index is 13.3. The van der Waals surface area contributed by atoms with Crippen molar-refractivity contribution in [3.05, 3.63) is 41.8 Å². The van der Waals surface area contributed by atoms with Crippen LogP contribution in [0.4, 0.5) is 0 Å². The lowest BCUT2D eigenvalue weighted by atomic mass is 9.94. The lowest BCUT2D eigenvalue weighted by Gasteiger charge is -2.33. The first-order valence-corrected chi connectivity index (χ1v) is 10.8. The van der Waals surface area contributed by atoms with Crippen LogP contribution < -0.4 is 14.2 Å². The normalized spacial score (nSPS) is 14.3. The molecular formula is C23H29NO4S. The molecule has 1 aromatic carbocycles. The second-order valence-electron chi connectivity index (χ2n) is 7.08. The summed E-state index contributed by atoms with van der Waals surface area (Å²) in [6.45, 7) is 4.43. The third-order valence-corrected chi connectivity index (χ3v) is 6.50. The predicted molar refractivity (Wildman–Crippen MR) is 118 cm³/mol. The summed E-state index contributed by atoms with van der Waals surface area (Å²) in [5, 5.41) is 0. The molecule has 0 unspecified atom stereocenters. The molecule has 1 heterocycles. The van der Waals surface area contributed by atoms with Crippen molar-refractivity contribution in [2.75, 3.05) is 27.9 Å². The number of ether oxygens (including phenoxy) is 3. The minimum atomic E-state index is 0.0764. The molecular weight excluding hydrogens is 386 g/mol. The zero-order chi connectivity index (χ0) is 20.8. The van der Waals surface area contributed by atoms with Crippen molar-refractivity contribution >= 4 is 17.2 Å². The van der Waals surface area contributed by atoms with Gasteiger partial charge in [-0.25, -0.2) is 0 Å². The molecule has 1 aliphatic carbocycles. The van der Waals surface area contributed by atoms with Crippen LogP contribution >= 0.6 is 11.3 Å². The largest absolute Gasteiger partial charge is 0.493 e. The smallest absolute Gasteiger partial charge is 0.264 e. The van der Waals surface area contributed by atoms with E-state index in [-0.39, 0.29) is 5.91 Å². The molecule has 1 fully saturated rings. The maximum absolute atomic E-state index is 13.3. The number of carbonyl (C=O) groups excluding carboxylic acids is 1. The molecule has 0 bridgehead atoms. The van der Waals surface area contributed by atoms with Crippen LogP contribution in [0.1, 0.15) is 41.8 Å². The van der Waals surface area contributed by atoms with E-state index in [4.69, 9.17) is 14.2 Å². The summed E-state index contributed by atoms with van der Waals surface area (Å²) in [7, 11) is 4.79. The molecule has 0 N–H and O–H groups in total. The van der Waals surface area contributed by atoms with Gasteiger partial charge in [-0.2, -0.15) is 0 Å². The second-order valence-corrected chi connectivity index (χ2v) is 8.17. The Bertz CT molecular complexity index is 855. The van der Waals surface area contributed by atoms with Crippen LogP contribution in [0.3, 0.4) is 0 Å². The Hall–Kier alpha value is -2.47. The Balaban J connectivity index is 1.91. The Labute approximate surface area is 176 Å². The number of nitrogens with zero attached hydrogens (tertiary/aromatic N) is 1. The first kappa shape index (κ1) is 21.2. The Kier molecular flexibility index (Phi) is 7.20. The highest BCUT2D eigenvalue weighted by Gasteiger charge is 2.27. The van der Waals surface area contributed by atoms with E-state index >= 15 is 0 Å². The van der Waals surface area contributed by atoms with Crippen molar-refractivity contribution in [2.24, 2.45) is 0 Å². The van der Waals surface area contributed by atoms with Gasteiger partial charge in [0.15, 0.2) is 11.5 Å². The SMILES string of the molecule is C=CCN(C(=O)c1ccc(-c2ccc(OC)c(OC)c2OC)s1)C1CCCCC1. The van der Waals surface area contributed by atoms with Crippen molar-refractivity contribution in [1.82, 2.24) is 4.90 Å². The van der Waals surface area contributed by atoms with Gasteiger partial charge in [0, 0.05) is 23.0 Å². The predicted octanol–water partition coefficient (Wildman–Crippen LogP) is 5.40. The van der Waals surface area contributed by atoms with E-state index in [9.17, 15) is 4.79 Å². The van der Waals surface area contributed by atoms with Crippen molar-refractivity contribution in [1.29, 1.82) is 0 Å². The minimum Gasteiger partial charge on any atom is -0.493 e. The minimum absolute atomic E-state index is 0.0764. The van der Waals surface area contributed by atoms with Crippen molar-refractivity contribution < 1.29 is 19.0 Å². The average molecular weight is 416 g/mol. The van der Waals surface area contributed by atoms with Gasteiger partial charge in [0.2, 0.25) is 5.75 Å². The van der Waals surface area contributed by atoms with E-state index in [1.165, 1.54) is 30.6 Å². The van der Waals surface area contributed by atoms with Crippen LogP contribution in [0.2, 0.25) is 0 Å². The fourth-order valence-electron chi connectivity index (χ4n) is 3.96. The summed E-state index contributed by atoms with van der Waals surface area (Å²) in [4.78, 5) is 16.9. The number of hydrogen-bond donors (Lipinski definition) is 0. The van der Waals surface area contributed by atoms with Gasteiger partial charge >= 0.3 is 0 Å². The average Bonchev–Trinajstić information content (AvgIpc) is 3.26. The lowest BCUT2D eigenvalue weighted by molar-refractivity contribution is 0.0668. The highest BCUT2D eigenvalue weighted by molar-refractivity contribution is 7.17. The van der Waals surface area contributed by atoms with Crippen LogP contribution in [-0.4, -0.2) is 44.7 Å². The highest BCUT2D eigenvalue weighted by Crippen LogP contribution is 2.46. The van der Waals surface area contributed by atoms with Crippen molar-refractivity contribution in [3.63, 3.8) is 0 Å². The molecule has 5 nitrogen and oxygen atoms in total. The molecule has 6 heteroatoms. The topological polar surface area (TPSA) is 48.0 Å². The van der Waals surface area contributed by atoms with Gasteiger partial charge < -0.3 is 19.1 Å². The zero-order valence-electron chi connectivity index (χ0n) is 17.4. The van der Waals surface area contributed by atoms with E-state index in [1.807, 2.05) is 35.2 Å². The summed E-state index contributed by atoms with van der Waals surface area (Å²) < 4.78 is 16.5. The number of carbonyl (C=O) groups is 1. The molecule has 1 aliphatic rings. The lowest BCUT2D eigenvalue weighted by Crippen LogP contribution is -2.41. The Morgan fingerprint density at radius 1 is 1.07 bits per heavy atom. The molecule has 2 aromatic rings. The van der Waals surface area contributed by atoms with Gasteiger partial charge in [-0.1, -0.05) is 25.3 Å². The van der Waals surface area contributed by atoms with Crippen LogP contribution in [0.5, 0.6) is 17.2 Å². The molecule has 156 valence electrons. The standard InChI is InChI=1S/C23H29NO4S/c1-5-15-24(16-9-7-6-8-10-16)23(25)20-14-13-19(29-20)17-11-12-18(26-2)22(28-4)21(17)27-3/h5,11-14,16H,1,6-10,15H2,2-4H3. The molecule has 1 saturated carbocycles. The molecule has 0 spiro atoms. The fraction of sp³-hybridized carbons (Fsp3) is 0.435. The molecule has 1 aromatic heterocycles. The van der Waals surface area contributed by atoms with Crippen LogP contribution in [0, 0.1) is 0 Å². The first-order valence-electron chi connectivity index (χ1n) is 9.95. The Morgan fingerprint density at radius 2 is 1.79 bits per heavy atom. The second kappa shape index (κ2) is 9.83.